The molecule has 22 heavy (non-hydrogen) atoms. The second-order valence-electron chi connectivity index (χ2n) is 4.79. The smallest absolute Gasteiger partial charge is 0.229 e. The molecule has 0 atom stereocenters. The number of alkyl halides is 2. The third kappa shape index (κ3) is 4.96. The summed E-state index contributed by atoms with van der Waals surface area (Å²) < 4.78 is 32.5. The first-order valence-electron chi connectivity index (χ1n) is 6.37. The summed E-state index contributed by atoms with van der Waals surface area (Å²) in [5, 5.41) is 10.0. The number of pyridine rings is 1. The fraction of sp³-hybridized carbons (Fsp3) is 0.312. The van der Waals surface area contributed by atoms with Crippen LogP contribution in [0.4, 0.5) is 13.2 Å². The Hall–Kier alpha value is -0.598. The number of halogens is 3. The maximum absolute atomic E-state index is 13.2. The predicted octanol–water partition coefficient (Wildman–Crippen LogP) is 4.71. The number of rotatable bonds is 1. The van der Waals surface area contributed by atoms with Crippen LogP contribution in [0.15, 0.2) is 18.3 Å². The molecule has 1 N–H and O–H groups in total. The molecule has 2 rings (SSSR count). The monoisotopic (exact) mass is 524 g/mol. The third-order valence-electron chi connectivity index (χ3n) is 3.36. The summed E-state index contributed by atoms with van der Waals surface area (Å²) >= 11 is 0. The summed E-state index contributed by atoms with van der Waals surface area (Å²) in [7, 11) is 0. The van der Waals surface area contributed by atoms with Crippen LogP contribution in [0.25, 0.3) is 11.1 Å². The quantitative estimate of drug-likeness (QED) is 0.549. The van der Waals surface area contributed by atoms with E-state index in [4.69, 9.17) is 0 Å². The Kier molecular flexibility index (Phi) is 9.26. The summed E-state index contributed by atoms with van der Waals surface area (Å²) in [4.78, 5) is 3.68. The van der Waals surface area contributed by atoms with E-state index in [0.29, 0.717) is 5.56 Å². The van der Waals surface area contributed by atoms with E-state index in [1.165, 1.54) is 18.7 Å². The van der Waals surface area contributed by atoms with Gasteiger partial charge in [-0.3, -0.25) is 0 Å². The van der Waals surface area contributed by atoms with Gasteiger partial charge in [0, 0.05) is 61.4 Å². The van der Waals surface area contributed by atoms with Crippen molar-refractivity contribution < 1.29 is 62.3 Å². The maximum atomic E-state index is 13.2. The van der Waals surface area contributed by atoms with E-state index in [1.54, 1.807) is 0 Å². The van der Waals surface area contributed by atoms with E-state index in [1.807, 2.05) is 26.8 Å². The van der Waals surface area contributed by atoms with Crippen LogP contribution in [-0.2, 0) is 0 Å². The summed E-state index contributed by atoms with van der Waals surface area (Å²) in [6.45, 7) is 5.80. The molecule has 0 aliphatic rings. The van der Waals surface area contributed by atoms with Gasteiger partial charge in [-0.2, -0.15) is 4.39 Å². The Morgan fingerprint density at radius 1 is 0.955 bits per heavy atom. The summed E-state index contributed by atoms with van der Waals surface area (Å²) in [6, 6.07) is 4.06. The molecule has 0 aliphatic heterocycles. The van der Waals surface area contributed by atoms with Gasteiger partial charge < -0.3 is 5.11 Å². The molecule has 0 fully saturated rings. The first-order valence-corrected chi connectivity index (χ1v) is 6.37. The van der Waals surface area contributed by atoms with Crippen LogP contribution in [0, 0.1) is 77.7 Å². The van der Waals surface area contributed by atoms with Gasteiger partial charge in [-0.1, -0.05) is 12.1 Å². The molecule has 1 heterocycles. The van der Waals surface area contributed by atoms with Gasteiger partial charge >= 0.3 is 0 Å². The second-order valence-corrected chi connectivity index (χ2v) is 4.79. The van der Waals surface area contributed by atoms with Gasteiger partial charge in [0.15, 0.2) is 0 Å². The van der Waals surface area contributed by atoms with Gasteiger partial charge in [0.25, 0.3) is 0 Å². The molecule has 0 saturated heterocycles. The van der Waals surface area contributed by atoms with Crippen LogP contribution in [-0.4, -0.2) is 17.0 Å². The largest absolute Gasteiger partial charge is 0.507 e. The Morgan fingerprint density at radius 3 is 2.00 bits per heavy atom. The van der Waals surface area contributed by atoms with E-state index in [9.17, 15) is 18.3 Å². The zero-order valence-electron chi connectivity index (χ0n) is 13.0. The molecule has 2 aromatic rings. The van der Waals surface area contributed by atoms with Gasteiger partial charge in [0.05, 0.1) is 0 Å². The van der Waals surface area contributed by atoms with E-state index < -0.39 is 12.9 Å². The van der Waals surface area contributed by atoms with Crippen LogP contribution in [0.5, 0.6) is 5.75 Å². The van der Waals surface area contributed by atoms with Crippen LogP contribution < -0.4 is 0 Å². The fourth-order valence-electron chi connectivity index (χ4n) is 2.03. The Balaban J connectivity index is 0.00000102. The van der Waals surface area contributed by atoms with E-state index in [0.717, 1.165) is 16.7 Å². The summed E-state index contributed by atoms with van der Waals surface area (Å²) in [5.41, 5.74) is 5.03. The van der Waals surface area contributed by atoms with Crippen molar-refractivity contribution in [3.05, 3.63) is 46.5 Å². The van der Waals surface area contributed by atoms with Crippen molar-refractivity contribution in [1.82, 2.24) is 4.98 Å². The number of hydrogen-bond acceptors (Lipinski definition) is 2. The van der Waals surface area contributed by atoms with Crippen molar-refractivity contribution in [1.29, 1.82) is 0 Å². The zero-order valence-corrected chi connectivity index (χ0v) is 17.8. The van der Waals surface area contributed by atoms with Crippen molar-refractivity contribution in [2.75, 3.05) is 6.93 Å². The number of aromatic nitrogens is 1. The SMILES string of the molecule is Cc1cc(C)c(-c2cnc(F)c(C)c2O)cc1C.FCF.[Ac]. The first-order chi connectivity index (χ1) is 9.83. The van der Waals surface area contributed by atoms with E-state index in [2.05, 4.69) is 11.1 Å². The van der Waals surface area contributed by atoms with Crippen LogP contribution in [0.2, 0.25) is 0 Å². The van der Waals surface area contributed by atoms with Crippen LogP contribution >= 0.6 is 0 Å². The third-order valence-corrected chi connectivity index (χ3v) is 3.36. The van der Waals surface area contributed by atoms with Crippen molar-refractivity contribution in [3.63, 3.8) is 0 Å². The molecular formula is C16H18AcF3NO. The Labute approximate surface area is 164 Å². The molecule has 0 saturated carbocycles. The van der Waals surface area contributed by atoms with Gasteiger partial charge in [-0.05, 0) is 49.9 Å². The molecule has 0 amide bonds. The van der Waals surface area contributed by atoms with Crippen molar-refractivity contribution >= 4 is 0 Å². The van der Waals surface area contributed by atoms with Gasteiger partial charge in [-0.25, -0.2) is 13.8 Å². The zero-order chi connectivity index (χ0) is 16.2. The number of hydrogen-bond donors (Lipinski definition) is 1. The topological polar surface area (TPSA) is 33.1 Å². The minimum Gasteiger partial charge on any atom is -0.507 e. The molecular weight excluding hydrogens is 506 g/mol. The minimum absolute atomic E-state index is 0. The average molecular weight is 524 g/mol. The maximum Gasteiger partial charge on any atom is 0.229 e. The molecule has 0 spiro atoms. The van der Waals surface area contributed by atoms with E-state index in [-0.39, 0.29) is 55.4 Å². The second kappa shape index (κ2) is 9.52. The average Bonchev–Trinajstić information content (AvgIpc) is 2.42. The normalized spacial score (nSPS) is 9.59. The van der Waals surface area contributed by atoms with Crippen molar-refractivity contribution in [2.45, 2.75) is 27.7 Å². The minimum atomic E-state index is -1.75. The number of nitrogens with zero attached hydrogens (tertiary/aromatic N) is 1. The van der Waals surface area contributed by atoms with Crippen molar-refractivity contribution in [3.8, 4) is 16.9 Å². The number of aromatic hydroxyl groups is 1. The molecule has 0 unspecified atom stereocenters. The van der Waals surface area contributed by atoms with Crippen molar-refractivity contribution in [2.24, 2.45) is 0 Å². The molecule has 117 valence electrons. The predicted molar refractivity (Wildman–Crippen MR) is 77.3 cm³/mol. The van der Waals surface area contributed by atoms with Gasteiger partial charge in [0.1, 0.15) is 5.75 Å². The molecule has 0 aliphatic carbocycles. The van der Waals surface area contributed by atoms with E-state index >= 15 is 0 Å². The fourth-order valence-corrected chi connectivity index (χ4v) is 2.03. The molecule has 1 radical (unpaired) electrons. The summed E-state index contributed by atoms with van der Waals surface area (Å²) in [5.74, 6) is -0.661. The van der Waals surface area contributed by atoms with Gasteiger partial charge in [0.2, 0.25) is 12.9 Å². The first kappa shape index (κ1) is 21.4. The number of aryl methyl sites for hydroxylation is 3. The molecule has 1 aromatic carbocycles. The Bertz CT molecular complexity index is 648. The Morgan fingerprint density at radius 2 is 1.45 bits per heavy atom. The van der Waals surface area contributed by atoms with Gasteiger partial charge in [-0.15, -0.1) is 0 Å². The van der Waals surface area contributed by atoms with Crippen LogP contribution in [0.3, 0.4) is 0 Å². The molecule has 2 nitrogen and oxygen atoms in total. The molecule has 1 aromatic heterocycles. The number of benzene rings is 1. The molecule has 6 heteroatoms. The standard InChI is InChI=1S/C15H16FNO.CH2F2.Ac/c1-8-5-10(3)12(6-9(8)2)13-7-17-15(16)11(4)14(13)18;2-1-3;/h5-7H,1-4H3,(H,17,18);1H2;. The molecule has 0 bridgehead atoms. The van der Waals surface area contributed by atoms with Crippen LogP contribution in [0.1, 0.15) is 22.3 Å². The summed E-state index contributed by atoms with van der Waals surface area (Å²) in [6.07, 6.45) is 1.38.